The molecule has 0 aromatic heterocycles. The molecule has 0 saturated heterocycles. The van der Waals surface area contributed by atoms with Gasteiger partial charge in [-0.05, 0) is 71.5 Å². The van der Waals surface area contributed by atoms with E-state index < -0.39 is 0 Å². The van der Waals surface area contributed by atoms with Crippen molar-refractivity contribution in [1.29, 1.82) is 0 Å². The minimum absolute atomic E-state index is 0.0371. The third-order valence-electron chi connectivity index (χ3n) is 3.41. The molecule has 110 valence electrons. The molecule has 0 aliphatic carbocycles. The molecule has 0 bridgehead atoms. The van der Waals surface area contributed by atoms with E-state index in [-0.39, 0.29) is 11.9 Å². The van der Waals surface area contributed by atoms with Crippen LogP contribution in [0.3, 0.4) is 0 Å². The van der Waals surface area contributed by atoms with Gasteiger partial charge in [-0.1, -0.05) is 29.3 Å². The molecule has 21 heavy (non-hydrogen) atoms. The normalized spacial score (nSPS) is 12.0. The first kappa shape index (κ1) is 16.6. The summed E-state index contributed by atoms with van der Waals surface area (Å²) < 4.78 is 1.10. The highest BCUT2D eigenvalue weighted by molar-refractivity contribution is 14.1. The van der Waals surface area contributed by atoms with Crippen molar-refractivity contribution < 1.29 is 4.79 Å². The lowest BCUT2D eigenvalue weighted by Gasteiger charge is -2.26. The maximum atomic E-state index is 12.5. The molecule has 0 aliphatic rings. The summed E-state index contributed by atoms with van der Waals surface area (Å²) in [6, 6.07) is 12.7. The Kier molecular flexibility index (Phi) is 5.52. The molecule has 2 rings (SSSR count). The van der Waals surface area contributed by atoms with Crippen LogP contribution < -0.4 is 0 Å². The van der Waals surface area contributed by atoms with Crippen molar-refractivity contribution in [3.05, 3.63) is 67.2 Å². The zero-order valence-electron chi connectivity index (χ0n) is 11.6. The molecule has 2 aromatic carbocycles. The predicted molar refractivity (Wildman–Crippen MR) is 96.1 cm³/mol. The van der Waals surface area contributed by atoms with Crippen LogP contribution in [0.2, 0.25) is 10.0 Å². The number of carbonyl (C=O) groups is 1. The number of rotatable bonds is 3. The van der Waals surface area contributed by atoms with Crippen LogP contribution in [-0.4, -0.2) is 17.9 Å². The Hall–Kier alpha value is -0.780. The summed E-state index contributed by atoms with van der Waals surface area (Å²) in [6.45, 7) is 1.94. The van der Waals surface area contributed by atoms with Crippen molar-refractivity contribution >= 4 is 51.7 Å². The number of hydrogen-bond acceptors (Lipinski definition) is 1. The van der Waals surface area contributed by atoms with Crippen LogP contribution in [-0.2, 0) is 0 Å². The Morgan fingerprint density at radius 1 is 1.14 bits per heavy atom. The fraction of sp³-hybridized carbons (Fsp3) is 0.188. The Morgan fingerprint density at radius 2 is 1.76 bits per heavy atom. The van der Waals surface area contributed by atoms with Crippen LogP contribution in [0.25, 0.3) is 0 Å². The highest BCUT2D eigenvalue weighted by Crippen LogP contribution is 2.29. The second-order valence-electron chi connectivity index (χ2n) is 4.76. The molecule has 5 heteroatoms. The van der Waals surface area contributed by atoms with E-state index in [1.54, 1.807) is 24.1 Å². The van der Waals surface area contributed by atoms with Crippen LogP contribution in [0.5, 0.6) is 0 Å². The zero-order valence-corrected chi connectivity index (χ0v) is 15.3. The molecule has 1 amide bonds. The lowest BCUT2D eigenvalue weighted by atomic mass is 10.1. The van der Waals surface area contributed by atoms with Gasteiger partial charge in [0.05, 0.1) is 6.04 Å². The third kappa shape index (κ3) is 3.90. The topological polar surface area (TPSA) is 20.3 Å². The minimum Gasteiger partial charge on any atom is -0.335 e. The molecule has 2 nitrogen and oxygen atoms in total. The van der Waals surface area contributed by atoms with Crippen molar-refractivity contribution in [2.45, 2.75) is 13.0 Å². The van der Waals surface area contributed by atoms with Gasteiger partial charge in [0.25, 0.3) is 5.91 Å². The van der Waals surface area contributed by atoms with E-state index >= 15 is 0 Å². The molecular weight excluding hydrogens is 420 g/mol. The summed E-state index contributed by atoms with van der Waals surface area (Å²) in [6.07, 6.45) is 0. The smallest absolute Gasteiger partial charge is 0.254 e. The van der Waals surface area contributed by atoms with Crippen molar-refractivity contribution in [1.82, 2.24) is 4.90 Å². The van der Waals surface area contributed by atoms with Gasteiger partial charge in [-0.3, -0.25) is 4.79 Å². The maximum Gasteiger partial charge on any atom is 0.254 e. The minimum atomic E-state index is -0.137. The molecule has 1 atom stereocenters. The van der Waals surface area contributed by atoms with E-state index in [1.807, 2.05) is 37.3 Å². The number of benzene rings is 2. The highest BCUT2D eigenvalue weighted by Gasteiger charge is 2.20. The van der Waals surface area contributed by atoms with Gasteiger partial charge in [-0.2, -0.15) is 0 Å². The molecule has 0 heterocycles. The van der Waals surface area contributed by atoms with E-state index in [0.717, 1.165) is 9.13 Å². The van der Waals surface area contributed by atoms with Gasteiger partial charge in [0.15, 0.2) is 0 Å². The fourth-order valence-electron chi connectivity index (χ4n) is 2.02. The Labute approximate surface area is 148 Å². The van der Waals surface area contributed by atoms with Crippen molar-refractivity contribution in [3.63, 3.8) is 0 Å². The van der Waals surface area contributed by atoms with Gasteiger partial charge in [-0.15, -0.1) is 0 Å². The summed E-state index contributed by atoms with van der Waals surface area (Å²) in [7, 11) is 1.77. The van der Waals surface area contributed by atoms with Gasteiger partial charge in [0.2, 0.25) is 0 Å². The number of amides is 1. The third-order valence-corrected chi connectivity index (χ3v) is 4.69. The van der Waals surface area contributed by atoms with Crippen molar-refractivity contribution in [3.8, 4) is 0 Å². The van der Waals surface area contributed by atoms with E-state index in [0.29, 0.717) is 15.6 Å². The molecule has 0 spiro atoms. The van der Waals surface area contributed by atoms with E-state index in [4.69, 9.17) is 23.2 Å². The lowest BCUT2D eigenvalue weighted by Crippen LogP contribution is -2.29. The monoisotopic (exact) mass is 433 g/mol. The number of halogens is 3. The van der Waals surface area contributed by atoms with Crippen LogP contribution in [0.15, 0.2) is 42.5 Å². The SMILES string of the molecule is CC(c1ccc(Cl)cc1Cl)N(C)C(=O)c1ccc(I)cc1. The van der Waals surface area contributed by atoms with Crippen molar-refractivity contribution in [2.75, 3.05) is 7.05 Å². The van der Waals surface area contributed by atoms with Crippen LogP contribution in [0.4, 0.5) is 0 Å². The van der Waals surface area contributed by atoms with Crippen LogP contribution in [0, 0.1) is 3.57 Å². The second kappa shape index (κ2) is 6.99. The second-order valence-corrected chi connectivity index (χ2v) is 6.85. The first-order valence-electron chi connectivity index (χ1n) is 6.38. The number of hydrogen-bond donors (Lipinski definition) is 0. The highest BCUT2D eigenvalue weighted by atomic mass is 127. The maximum absolute atomic E-state index is 12.5. The largest absolute Gasteiger partial charge is 0.335 e. The Balaban J connectivity index is 2.24. The molecule has 0 fully saturated rings. The van der Waals surface area contributed by atoms with Crippen LogP contribution in [0.1, 0.15) is 28.9 Å². The summed E-state index contributed by atoms with van der Waals surface area (Å²) in [4.78, 5) is 14.2. The average Bonchev–Trinajstić information content (AvgIpc) is 2.46. The number of nitrogens with zero attached hydrogens (tertiary/aromatic N) is 1. The quantitative estimate of drug-likeness (QED) is 0.591. The molecular formula is C16H14Cl2INO. The standard InChI is InChI=1S/C16H14Cl2INO/c1-10(14-8-5-12(17)9-15(14)18)20(2)16(21)11-3-6-13(19)7-4-11/h3-10H,1-2H3. The van der Waals surface area contributed by atoms with E-state index in [1.165, 1.54) is 0 Å². The summed E-state index contributed by atoms with van der Waals surface area (Å²) in [5.74, 6) is -0.0371. The molecule has 0 radical (unpaired) electrons. The van der Waals surface area contributed by atoms with Gasteiger partial charge < -0.3 is 4.90 Å². The summed E-state index contributed by atoms with van der Waals surface area (Å²) >= 11 is 14.3. The van der Waals surface area contributed by atoms with E-state index in [9.17, 15) is 4.79 Å². The fourth-order valence-corrected chi connectivity index (χ4v) is 2.95. The molecule has 1 unspecified atom stereocenters. The summed E-state index contributed by atoms with van der Waals surface area (Å²) in [5, 5.41) is 1.15. The molecule has 0 saturated carbocycles. The molecule has 0 N–H and O–H groups in total. The first-order chi connectivity index (χ1) is 9.90. The molecule has 0 aliphatic heterocycles. The zero-order chi connectivity index (χ0) is 15.6. The van der Waals surface area contributed by atoms with Gasteiger partial charge in [-0.25, -0.2) is 0 Å². The Bertz CT molecular complexity index is 658. The lowest BCUT2D eigenvalue weighted by molar-refractivity contribution is 0.0742. The van der Waals surface area contributed by atoms with Crippen molar-refractivity contribution in [2.24, 2.45) is 0 Å². The van der Waals surface area contributed by atoms with Gasteiger partial charge >= 0.3 is 0 Å². The van der Waals surface area contributed by atoms with Crippen LogP contribution >= 0.6 is 45.8 Å². The van der Waals surface area contributed by atoms with Gasteiger partial charge in [0, 0.05) is 26.2 Å². The number of carbonyl (C=O) groups excluding carboxylic acids is 1. The predicted octanol–water partition coefficient (Wildman–Crippen LogP) is 5.43. The first-order valence-corrected chi connectivity index (χ1v) is 8.21. The molecule has 2 aromatic rings. The Morgan fingerprint density at radius 3 is 2.33 bits per heavy atom. The van der Waals surface area contributed by atoms with Gasteiger partial charge in [0.1, 0.15) is 0 Å². The average molecular weight is 434 g/mol. The van der Waals surface area contributed by atoms with E-state index in [2.05, 4.69) is 22.6 Å². The summed E-state index contributed by atoms with van der Waals surface area (Å²) in [5.41, 5.74) is 1.54.